The molecule has 0 bridgehead atoms. The summed E-state index contributed by atoms with van der Waals surface area (Å²) < 4.78 is 0. The fourth-order valence-corrected chi connectivity index (χ4v) is 2.25. The molecule has 0 aliphatic rings. The number of hydrogen-bond acceptors (Lipinski definition) is 1. The number of halogens is 2. The third-order valence-electron chi connectivity index (χ3n) is 2.85. The zero-order valence-corrected chi connectivity index (χ0v) is 11.2. The quantitative estimate of drug-likeness (QED) is 0.836. The minimum atomic E-state index is -0.335. The van der Waals surface area contributed by atoms with Gasteiger partial charge in [-0.25, -0.2) is 0 Å². The Labute approximate surface area is 107 Å². The maximum absolute atomic E-state index is 10.0. The second-order valence-electron chi connectivity index (χ2n) is 4.27. The molecule has 1 aromatic rings. The predicted molar refractivity (Wildman–Crippen MR) is 70.2 cm³/mol. The van der Waals surface area contributed by atoms with Gasteiger partial charge in [0.1, 0.15) is 0 Å². The molecular formula is C13H18Cl2O. The van der Waals surface area contributed by atoms with Crippen LogP contribution < -0.4 is 0 Å². The molecule has 1 nitrogen and oxygen atoms in total. The normalized spacial score (nSPS) is 14.8. The molecule has 0 amide bonds. The van der Waals surface area contributed by atoms with Gasteiger partial charge in [-0.3, -0.25) is 0 Å². The van der Waals surface area contributed by atoms with E-state index in [-0.39, 0.29) is 6.10 Å². The van der Waals surface area contributed by atoms with Gasteiger partial charge >= 0.3 is 0 Å². The van der Waals surface area contributed by atoms with E-state index in [0.717, 1.165) is 18.4 Å². The second kappa shape index (κ2) is 6.48. The molecule has 1 aromatic carbocycles. The van der Waals surface area contributed by atoms with E-state index in [0.29, 0.717) is 22.4 Å². The summed E-state index contributed by atoms with van der Waals surface area (Å²) >= 11 is 11.9. The number of hydrogen-bond donors (Lipinski definition) is 1. The number of benzene rings is 1. The van der Waals surface area contributed by atoms with Crippen LogP contribution >= 0.6 is 23.2 Å². The summed E-state index contributed by atoms with van der Waals surface area (Å²) in [5.41, 5.74) is 0.960. The van der Waals surface area contributed by atoms with Crippen LogP contribution in [0.4, 0.5) is 0 Å². The molecule has 0 fully saturated rings. The molecule has 0 spiro atoms. The maximum atomic E-state index is 10.0. The van der Waals surface area contributed by atoms with Crippen LogP contribution in [0, 0.1) is 5.92 Å². The van der Waals surface area contributed by atoms with E-state index < -0.39 is 0 Å². The highest BCUT2D eigenvalue weighted by Crippen LogP contribution is 2.24. The molecule has 0 saturated carbocycles. The standard InChI is InChI=1S/C13H18Cl2O/c1-3-4-9(2)13(16)7-10-5-6-11(14)8-12(10)15/h5-6,8-9,13,16H,3-4,7H2,1-2H3. The van der Waals surface area contributed by atoms with Crippen molar-refractivity contribution < 1.29 is 5.11 Å². The van der Waals surface area contributed by atoms with Crippen molar-refractivity contribution in [1.82, 2.24) is 0 Å². The van der Waals surface area contributed by atoms with Crippen molar-refractivity contribution in [1.29, 1.82) is 0 Å². The highest BCUT2D eigenvalue weighted by atomic mass is 35.5. The summed E-state index contributed by atoms with van der Waals surface area (Å²) in [5.74, 6) is 0.303. The smallest absolute Gasteiger partial charge is 0.0606 e. The first-order valence-corrected chi connectivity index (χ1v) is 6.42. The summed E-state index contributed by atoms with van der Waals surface area (Å²) in [7, 11) is 0. The Hall–Kier alpha value is -0.240. The fourth-order valence-electron chi connectivity index (χ4n) is 1.76. The summed E-state index contributed by atoms with van der Waals surface area (Å²) in [4.78, 5) is 0. The Bertz CT molecular complexity index is 339. The van der Waals surface area contributed by atoms with Crippen LogP contribution in [0.1, 0.15) is 32.3 Å². The molecule has 3 heteroatoms. The molecule has 0 heterocycles. The molecule has 16 heavy (non-hydrogen) atoms. The van der Waals surface area contributed by atoms with E-state index in [2.05, 4.69) is 13.8 Å². The maximum Gasteiger partial charge on any atom is 0.0606 e. The fraction of sp³-hybridized carbons (Fsp3) is 0.538. The Kier molecular flexibility index (Phi) is 5.60. The van der Waals surface area contributed by atoms with Crippen molar-refractivity contribution in [2.75, 3.05) is 0 Å². The van der Waals surface area contributed by atoms with Crippen LogP contribution in [0.5, 0.6) is 0 Å². The Balaban J connectivity index is 2.65. The zero-order chi connectivity index (χ0) is 12.1. The first-order chi connectivity index (χ1) is 7.54. The van der Waals surface area contributed by atoms with Gasteiger partial charge in [0.05, 0.1) is 6.10 Å². The third kappa shape index (κ3) is 3.97. The Morgan fingerprint density at radius 1 is 1.31 bits per heavy atom. The SMILES string of the molecule is CCCC(C)C(O)Cc1ccc(Cl)cc1Cl. The van der Waals surface area contributed by atoms with E-state index in [1.807, 2.05) is 6.07 Å². The first kappa shape index (κ1) is 13.8. The third-order valence-corrected chi connectivity index (χ3v) is 3.43. The van der Waals surface area contributed by atoms with Gasteiger partial charge in [-0.15, -0.1) is 0 Å². The van der Waals surface area contributed by atoms with E-state index in [9.17, 15) is 5.11 Å². The van der Waals surface area contributed by atoms with Crippen molar-refractivity contribution in [3.05, 3.63) is 33.8 Å². The van der Waals surface area contributed by atoms with E-state index in [1.165, 1.54) is 0 Å². The lowest BCUT2D eigenvalue weighted by Crippen LogP contribution is -2.20. The van der Waals surface area contributed by atoms with Crippen molar-refractivity contribution >= 4 is 23.2 Å². The van der Waals surface area contributed by atoms with Gasteiger partial charge in [-0.05, 0) is 30.0 Å². The van der Waals surface area contributed by atoms with Crippen LogP contribution in [-0.2, 0) is 6.42 Å². The number of aliphatic hydroxyl groups excluding tert-OH is 1. The van der Waals surface area contributed by atoms with Gasteiger partial charge in [0.25, 0.3) is 0 Å². The monoisotopic (exact) mass is 260 g/mol. The van der Waals surface area contributed by atoms with Crippen LogP contribution in [0.2, 0.25) is 10.0 Å². The molecule has 2 unspecified atom stereocenters. The Morgan fingerprint density at radius 3 is 2.56 bits per heavy atom. The van der Waals surface area contributed by atoms with Gasteiger partial charge in [-0.2, -0.15) is 0 Å². The highest BCUT2D eigenvalue weighted by Gasteiger charge is 2.15. The van der Waals surface area contributed by atoms with Crippen LogP contribution in [0.15, 0.2) is 18.2 Å². The first-order valence-electron chi connectivity index (χ1n) is 5.66. The van der Waals surface area contributed by atoms with Crippen LogP contribution in [-0.4, -0.2) is 11.2 Å². The topological polar surface area (TPSA) is 20.2 Å². The molecule has 0 saturated heterocycles. The van der Waals surface area contributed by atoms with Crippen molar-refractivity contribution in [2.45, 2.75) is 39.2 Å². The van der Waals surface area contributed by atoms with Gasteiger partial charge in [0.2, 0.25) is 0 Å². The summed E-state index contributed by atoms with van der Waals surface area (Å²) in [6.07, 6.45) is 2.38. The molecule has 0 aliphatic carbocycles. The summed E-state index contributed by atoms with van der Waals surface area (Å²) in [6, 6.07) is 5.40. The average molecular weight is 261 g/mol. The molecule has 1 rings (SSSR count). The average Bonchev–Trinajstić information content (AvgIpc) is 2.22. The number of rotatable bonds is 5. The summed E-state index contributed by atoms with van der Waals surface area (Å²) in [5, 5.41) is 11.3. The minimum Gasteiger partial charge on any atom is -0.393 e. The van der Waals surface area contributed by atoms with Gasteiger partial charge in [0, 0.05) is 16.5 Å². The predicted octanol–water partition coefficient (Wildman–Crippen LogP) is 4.33. The lowest BCUT2D eigenvalue weighted by atomic mass is 9.94. The van der Waals surface area contributed by atoms with Gasteiger partial charge < -0.3 is 5.11 Å². The molecule has 1 N–H and O–H groups in total. The molecule has 90 valence electrons. The summed E-state index contributed by atoms with van der Waals surface area (Å²) in [6.45, 7) is 4.19. The highest BCUT2D eigenvalue weighted by molar-refractivity contribution is 6.35. The lowest BCUT2D eigenvalue weighted by molar-refractivity contribution is 0.111. The molecule has 0 aromatic heterocycles. The van der Waals surface area contributed by atoms with E-state index in [4.69, 9.17) is 23.2 Å². The van der Waals surface area contributed by atoms with Crippen molar-refractivity contribution in [3.8, 4) is 0 Å². The molecule has 0 radical (unpaired) electrons. The second-order valence-corrected chi connectivity index (χ2v) is 5.12. The largest absolute Gasteiger partial charge is 0.393 e. The molecular weight excluding hydrogens is 243 g/mol. The number of aliphatic hydroxyl groups is 1. The molecule has 2 atom stereocenters. The van der Waals surface area contributed by atoms with E-state index >= 15 is 0 Å². The Morgan fingerprint density at radius 2 is 2.00 bits per heavy atom. The van der Waals surface area contributed by atoms with Gasteiger partial charge in [-0.1, -0.05) is 49.5 Å². The molecule has 0 aliphatic heterocycles. The minimum absolute atomic E-state index is 0.303. The lowest BCUT2D eigenvalue weighted by Gasteiger charge is -2.18. The van der Waals surface area contributed by atoms with Crippen LogP contribution in [0.3, 0.4) is 0 Å². The van der Waals surface area contributed by atoms with Crippen molar-refractivity contribution in [2.24, 2.45) is 5.92 Å². The van der Waals surface area contributed by atoms with E-state index in [1.54, 1.807) is 12.1 Å². The zero-order valence-electron chi connectivity index (χ0n) is 9.71. The van der Waals surface area contributed by atoms with Crippen LogP contribution in [0.25, 0.3) is 0 Å². The van der Waals surface area contributed by atoms with Crippen molar-refractivity contribution in [3.63, 3.8) is 0 Å². The van der Waals surface area contributed by atoms with Gasteiger partial charge in [0.15, 0.2) is 0 Å².